The first-order chi connectivity index (χ1) is 11.0. The Bertz CT molecular complexity index is 679. The Morgan fingerprint density at radius 2 is 1.91 bits per heavy atom. The van der Waals surface area contributed by atoms with Crippen molar-refractivity contribution in [3.8, 4) is 5.75 Å². The number of carbonyl (C=O) groups is 1. The topological polar surface area (TPSA) is 38.3 Å². The largest absolute Gasteiger partial charge is 0.483 e. The van der Waals surface area contributed by atoms with Crippen molar-refractivity contribution in [1.82, 2.24) is 5.32 Å². The first-order valence-corrected chi connectivity index (χ1v) is 8.08. The molecule has 1 N–H and O–H groups in total. The van der Waals surface area contributed by atoms with Gasteiger partial charge in [0.05, 0.1) is 6.04 Å². The van der Waals surface area contributed by atoms with Crippen LogP contribution in [0.1, 0.15) is 42.1 Å². The minimum Gasteiger partial charge on any atom is -0.483 e. The summed E-state index contributed by atoms with van der Waals surface area (Å²) in [5.41, 5.74) is 4.63. The second-order valence-electron chi connectivity index (χ2n) is 5.90. The van der Waals surface area contributed by atoms with Gasteiger partial charge in [-0.15, -0.1) is 0 Å². The molecule has 0 spiro atoms. The van der Waals surface area contributed by atoms with E-state index in [4.69, 9.17) is 4.74 Å². The Labute approximate surface area is 138 Å². The van der Waals surface area contributed by atoms with Crippen molar-refractivity contribution in [3.05, 3.63) is 64.7 Å². The SMILES string of the molecule is CCc1ccccc1OCC(=O)NC(C)c1cc(C)ccc1C. The molecule has 3 nitrogen and oxygen atoms in total. The summed E-state index contributed by atoms with van der Waals surface area (Å²) in [6.07, 6.45) is 0.886. The molecule has 2 rings (SSSR count). The quantitative estimate of drug-likeness (QED) is 0.871. The number of hydrogen-bond donors (Lipinski definition) is 1. The minimum atomic E-state index is -0.107. The van der Waals surface area contributed by atoms with Crippen LogP contribution in [0.25, 0.3) is 0 Å². The highest BCUT2D eigenvalue weighted by atomic mass is 16.5. The normalized spacial score (nSPS) is 11.8. The average Bonchev–Trinajstić information content (AvgIpc) is 2.55. The number of nitrogens with one attached hydrogen (secondary N) is 1. The summed E-state index contributed by atoms with van der Waals surface area (Å²) in [6, 6.07) is 14.1. The lowest BCUT2D eigenvalue weighted by molar-refractivity contribution is -0.123. The summed E-state index contributed by atoms with van der Waals surface area (Å²) in [7, 11) is 0. The highest BCUT2D eigenvalue weighted by molar-refractivity contribution is 5.78. The van der Waals surface area contributed by atoms with Crippen molar-refractivity contribution >= 4 is 5.91 Å². The van der Waals surface area contributed by atoms with E-state index in [1.807, 2.05) is 31.2 Å². The fourth-order valence-electron chi connectivity index (χ4n) is 2.67. The molecule has 0 saturated carbocycles. The van der Waals surface area contributed by atoms with Gasteiger partial charge >= 0.3 is 0 Å². The van der Waals surface area contributed by atoms with Crippen LogP contribution in [-0.4, -0.2) is 12.5 Å². The van der Waals surface area contributed by atoms with E-state index in [0.29, 0.717) is 0 Å². The van der Waals surface area contributed by atoms with Crippen LogP contribution in [0.4, 0.5) is 0 Å². The van der Waals surface area contributed by atoms with E-state index in [1.165, 1.54) is 11.1 Å². The number of aryl methyl sites for hydroxylation is 3. The fraction of sp³-hybridized carbons (Fsp3) is 0.350. The summed E-state index contributed by atoms with van der Waals surface area (Å²) in [5, 5.41) is 3.01. The maximum Gasteiger partial charge on any atom is 0.258 e. The van der Waals surface area contributed by atoms with Crippen LogP contribution in [0.15, 0.2) is 42.5 Å². The van der Waals surface area contributed by atoms with Gasteiger partial charge in [-0.05, 0) is 49.9 Å². The lowest BCUT2D eigenvalue weighted by Crippen LogP contribution is -2.31. The molecule has 1 unspecified atom stereocenters. The Morgan fingerprint density at radius 3 is 2.65 bits per heavy atom. The highest BCUT2D eigenvalue weighted by Crippen LogP contribution is 2.20. The molecular formula is C20H25NO2. The maximum absolute atomic E-state index is 12.2. The monoisotopic (exact) mass is 311 g/mol. The van der Waals surface area contributed by atoms with E-state index in [0.717, 1.165) is 23.3 Å². The molecule has 0 saturated heterocycles. The average molecular weight is 311 g/mol. The first-order valence-electron chi connectivity index (χ1n) is 8.08. The van der Waals surface area contributed by atoms with Gasteiger partial charge in [0.25, 0.3) is 5.91 Å². The molecule has 0 fully saturated rings. The van der Waals surface area contributed by atoms with Crippen molar-refractivity contribution in [2.45, 2.75) is 40.2 Å². The molecule has 0 bridgehead atoms. The van der Waals surface area contributed by atoms with Crippen molar-refractivity contribution in [2.75, 3.05) is 6.61 Å². The molecule has 2 aromatic carbocycles. The number of rotatable bonds is 6. The zero-order valence-corrected chi connectivity index (χ0v) is 14.3. The first kappa shape index (κ1) is 17.1. The van der Waals surface area contributed by atoms with Crippen LogP contribution in [0.5, 0.6) is 5.75 Å². The van der Waals surface area contributed by atoms with Crippen LogP contribution in [0, 0.1) is 13.8 Å². The summed E-state index contributed by atoms with van der Waals surface area (Å²) in [4.78, 5) is 12.2. The Morgan fingerprint density at radius 1 is 1.17 bits per heavy atom. The van der Waals surface area contributed by atoms with Gasteiger partial charge in [0.15, 0.2) is 6.61 Å². The molecule has 0 aliphatic rings. The number of amides is 1. The highest BCUT2D eigenvalue weighted by Gasteiger charge is 2.13. The van der Waals surface area contributed by atoms with E-state index >= 15 is 0 Å². The van der Waals surface area contributed by atoms with Crippen LogP contribution >= 0.6 is 0 Å². The van der Waals surface area contributed by atoms with Gasteiger partial charge in [0.1, 0.15) is 5.75 Å². The standard InChI is InChI=1S/C20H25NO2/c1-5-17-8-6-7-9-19(17)23-13-20(22)21-16(4)18-12-14(2)10-11-15(18)3/h6-12,16H,5,13H2,1-4H3,(H,21,22). The minimum absolute atomic E-state index is 0.0339. The molecule has 0 aliphatic heterocycles. The van der Waals surface area contributed by atoms with Gasteiger partial charge in [-0.3, -0.25) is 4.79 Å². The molecule has 122 valence electrons. The lowest BCUT2D eigenvalue weighted by Gasteiger charge is -2.18. The van der Waals surface area contributed by atoms with Crippen LogP contribution < -0.4 is 10.1 Å². The summed E-state index contributed by atoms with van der Waals surface area (Å²) >= 11 is 0. The predicted molar refractivity (Wildman–Crippen MR) is 93.8 cm³/mol. The van der Waals surface area contributed by atoms with Gasteiger partial charge in [-0.2, -0.15) is 0 Å². The third-order valence-corrected chi connectivity index (χ3v) is 3.99. The van der Waals surface area contributed by atoms with Crippen LogP contribution in [0.2, 0.25) is 0 Å². The van der Waals surface area contributed by atoms with Gasteiger partial charge in [0, 0.05) is 0 Å². The molecule has 0 aliphatic carbocycles. The van der Waals surface area contributed by atoms with E-state index in [1.54, 1.807) is 0 Å². The maximum atomic E-state index is 12.2. The van der Waals surface area contributed by atoms with Crippen molar-refractivity contribution in [3.63, 3.8) is 0 Å². The van der Waals surface area contributed by atoms with Crippen molar-refractivity contribution < 1.29 is 9.53 Å². The summed E-state index contributed by atoms with van der Waals surface area (Å²) in [6.45, 7) is 8.23. The Kier molecular flexibility index (Phi) is 5.80. The predicted octanol–water partition coefficient (Wildman–Crippen LogP) is 4.12. The van der Waals surface area contributed by atoms with E-state index in [9.17, 15) is 4.79 Å². The number of benzene rings is 2. The summed E-state index contributed by atoms with van der Waals surface area (Å²) in [5.74, 6) is 0.675. The van der Waals surface area contributed by atoms with Gasteiger partial charge < -0.3 is 10.1 Å². The third-order valence-electron chi connectivity index (χ3n) is 3.99. The molecule has 1 amide bonds. The van der Waals surface area contributed by atoms with Crippen molar-refractivity contribution in [1.29, 1.82) is 0 Å². The number of ether oxygens (including phenoxy) is 1. The van der Waals surface area contributed by atoms with E-state index in [-0.39, 0.29) is 18.6 Å². The van der Waals surface area contributed by atoms with Gasteiger partial charge in [-0.25, -0.2) is 0 Å². The van der Waals surface area contributed by atoms with Gasteiger partial charge in [0.2, 0.25) is 0 Å². The van der Waals surface area contributed by atoms with Crippen molar-refractivity contribution in [2.24, 2.45) is 0 Å². The zero-order chi connectivity index (χ0) is 16.8. The van der Waals surface area contributed by atoms with Crippen LogP contribution in [0.3, 0.4) is 0 Å². The Balaban J connectivity index is 1.95. The molecular weight excluding hydrogens is 286 g/mol. The van der Waals surface area contributed by atoms with E-state index in [2.05, 4.69) is 44.3 Å². The number of hydrogen-bond acceptors (Lipinski definition) is 2. The second-order valence-corrected chi connectivity index (χ2v) is 5.90. The Hall–Kier alpha value is -2.29. The van der Waals surface area contributed by atoms with Gasteiger partial charge in [-0.1, -0.05) is 48.9 Å². The number of para-hydroxylation sites is 1. The second kappa shape index (κ2) is 7.82. The lowest BCUT2D eigenvalue weighted by atomic mass is 10.00. The molecule has 0 aromatic heterocycles. The fourth-order valence-corrected chi connectivity index (χ4v) is 2.67. The molecule has 23 heavy (non-hydrogen) atoms. The molecule has 0 radical (unpaired) electrons. The molecule has 0 heterocycles. The molecule has 2 aromatic rings. The van der Waals surface area contributed by atoms with Crippen LogP contribution in [-0.2, 0) is 11.2 Å². The van der Waals surface area contributed by atoms with E-state index < -0.39 is 0 Å². The molecule has 1 atom stereocenters. The summed E-state index contributed by atoms with van der Waals surface area (Å²) < 4.78 is 5.67. The zero-order valence-electron chi connectivity index (χ0n) is 14.3. The molecule has 3 heteroatoms. The number of carbonyl (C=O) groups excluding carboxylic acids is 1. The third kappa shape index (κ3) is 4.59. The smallest absolute Gasteiger partial charge is 0.258 e.